The fraction of sp³-hybridized carbons (Fsp3) is 0.235. The maximum absolute atomic E-state index is 12.0. The summed E-state index contributed by atoms with van der Waals surface area (Å²) >= 11 is 0. The Bertz CT molecular complexity index is 617. The molecule has 1 amide bonds. The first kappa shape index (κ1) is 17.2. The number of carbonyl (C=O) groups is 1. The van der Waals surface area contributed by atoms with Crippen molar-refractivity contribution in [3.63, 3.8) is 0 Å². The molecule has 5 N–H and O–H groups in total. The molecule has 2 aromatic rings. The van der Waals surface area contributed by atoms with Gasteiger partial charge in [-0.15, -0.1) is 0 Å². The van der Waals surface area contributed by atoms with Crippen LogP contribution in [0.15, 0.2) is 54.6 Å². The van der Waals surface area contributed by atoms with Crippen LogP contribution in [0, 0.1) is 0 Å². The molecule has 0 aliphatic carbocycles. The molecule has 6 heteroatoms. The predicted octanol–water partition coefficient (Wildman–Crippen LogP) is -0.405. The highest BCUT2D eigenvalue weighted by Gasteiger charge is 2.15. The molecule has 0 spiro atoms. The van der Waals surface area contributed by atoms with E-state index in [2.05, 4.69) is 5.32 Å². The van der Waals surface area contributed by atoms with Crippen LogP contribution < -0.4 is 16.5 Å². The van der Waals surface area contributed by atoms with E-state index in [1.54, 1.807) is 24.3 Å². The molecule has 0 aromatic heterocycles. The summed E-state index contributed by atoms with van der Waals surface area (Å²) in [5.74, 6) is -0.188. The van der Waals surface area contributed by atoms with Gasteiger partial charge in [0, 0.05) is 6.54 Å². The number of nitrogens with two attached hydrogens (primary N) is 1. The van der Waals surface area contributed by atoms with E-state index in [0.717, 1.165) is 12.0 Å². The lowest BCUT2D eigenvalue weighted by molar-refractivity contribution is -0.122. The summed E-state index contributed by atoms with van der Waals surface area (Å²) in [4.78, 5) is 12.0. The summed E-state index contributed by atoms with van der Waals surface area (Å²) in [6, 6.07) is 16.0. The molecule has 0 saturated carbocycles. The van der Waals surface area contributed by atoms with Crippen LogP contribution in [0.3, 0.4) is 0 Å². The van der Waals surface area contributed by atoms with Gasteiger partial charge in [0.2, 0.25) is 5.91 Å². The van der Waals surface area contributed by atoms with Crippen LogP contribution in [-0.2, 0) is 17.6 Å². The topological polar surface area (TPSA) is 95.6 Å². The van der Waals surface area contributed by atoms with E-state index in [9.17, 15) is 4.79 Å². The number of nitrogens with one attached hydrogen (secondary N) is 1. The lowest BCUT2D eigenvalue weighted by Gasteiger charge is -2.13. The minimum Gasteiger partial charge on any atom is -0.423 e. The maximum atomic E-state index is 12.0. The van der Waals surface area contributed by atoms with Gasteiger partial charge in [-0.3, -0.25) is 4.79 Å². The van der Waals surface area contributed by atoms with E-state index in [4.69, 9.17) is 15.8 Å². The molecule has 5 nitrogen and oxygen atoms in total. The minimum atomic E-state index is -1.49. The minimum absolute atomic E-state index is 0.188. The van der Waals surface area contributed by atoms with Gasteiger partial charge in [-0.1, -0.05) is 54.6 Å². The summed E-state index contributed by atoms with van der Waals surface area (Å²) in [6.45, 7) is 0.548. The number of amides is 1. The number of carbonyl (C=O) groups excluding carboxylic acids is 1. The van der Waals surface area contributed by atoms with Crippen molar-refractivity contribution < 1.29 is 14.8 Å². The Labute approximate surface area is 136 Å². The van der Waals surface area contributed by atoms with Gasteiger partial charge in [0.15, 0.2) is 0 Å². The number of rotatable bonds is 7. The molecule has 23 heavy (non-hydrogen) atoms. The first-order valence-electron chi connectivity index (χ1n) is 7.58. The average Bonchev–Trinajstić information content (AvgIpc) is 2.56. The molecule has 0 saturated heterocycles. The first-order valence-corrected chi connectivity index (χ1v) is 7.58. The van der Waals surface area contributed by atoms with Crippen LogP contribution in [-0.4, -0.2) is 35.7 Å². The third kappa shape index (κ3) is 5.52. The highest BCUT2D eigenvalue weighted by molar-refractivity contribution is 6.58. The smallest absolute Gasteiger partial charge is 0.423 e. The van der Waals surface area contributed by atoms with Gasteiger partial charge in [-0.2, -0.15) is 0 Å². The summed E-state index contributed by atoms with van der Waals surface area (Å²) in [5, 5.41) is 20.9. The molecule has 0 bridgehead atoms. The van der Waals surface area contributed by atoms with E-state index < -0.39 is 13.2 Å². The van der Waals surface area contributed by atoms with Crippen molar-refractivity contribution in [2.75, 3.05) is 6.54 Å². The summed E-state index contributed by atoms with van der Waals surface area (Å²) in [7, 11) is -1.49. The highest BCUT2D eigenvalue weighted by atomic mass is 16.4. The lowest BCUT2D eigenvalue weighted by Crippen LogP contribution is -2.42. The second kappa shape index (κ2) is 8.48. The number of hydrogen-bond donors (Lipinski definition) is 4. The van der Waals surface area contributed by atoms with Gasteiger partial charge in [0.25, 0.3) is 0 Å². The zero-order valence-electron chi connectivity index (χ0n) is 12.9. The molecule has 1 atom stereocenters. The van der Waals surface area contributed by atoms with Crippen molar-refractivity contribution in [2.45, 2.75) is 18.9 Å². The van der Waals surface area contributed by atoms with Gasteiger partial charge in [-0.05, 0) is 29.4 Å². The van der Waals surface area contributed by atoms with Crippen LogP contribution in [0.25, 0.3) is 0 Å². The molecule has 2 rings (SSSR count). The number of hydrogen-bond acceptors (Lipinski definition) is 4. The van der Waals surface area contributed by atoms with Gasteiger partial charge >= 0.3 is 7.12 Å². The van der Waals surface area contributed by atoms with E-state index in [0.29, 0.717) is 18.4 Å². The Morgan fingerprint density at radius 1 is 1.04 bits per heavy atom. The predicted molar refractivity (Wildman–Crippen MR) is 91.1 cm³/mol. The standard InChI is InChI=1S/C17H21BN2O3/c19-16(12-14-6-8-15(9-7-14)18(22)23)17(21)20-11-10-13-4-2-1-3-5-13/h1-9,16,22-23H,10-12,19H2,(H,20,21)/t16-/m0/s1. The molecule has 0 fully saturated rings. The van der Waals surface area contributed by atoms with E-state index in [1.165, 1.54) is 5.56 Å². The summed E-state index contributed by atoms with van der Waals surface area (Å²) in [5.41, 5.74) is 8.37. The Balaban J connectivity index is 1.78. The van der Waals surface area contributed by atoms with Crippen molar-refractivity contribution in [1.82, 2.24) is 5.32 Å². The Morgan fingerprint density at radius 2 is 1.70 bits per heavy atom. The van der Waals surface area contributed by atoms with E-state index in [-0.39, 0.29) is 5.91 Å². The second-order valence-corrected chi connectivity index (χ2v) is 5.45. The van der Waals surface area contributed by atoms with Crippen LogP contribution in [0.5, 0.6) is 0 Å². The van der Waals surface area contributed by atoms with Crippen molar-refractivity contribution in [1.29, 1.82) is 0 Å². The fourth-order valence-corrected chi connectivity index (χ4v) is 2.28. The first-order chi connectivity index (χ1) is 11.1. The molecule has 0 aliphatic rings. The fourth-order valence-electron chi connectivity index (χ4n) is 2.28. The highest BCUT2D eigenvalue weighted by Crippen LogP contribution is 2.02. The monoisotopic (exact) mass is 312 g/mol. The Kier molecular flexibility index (Phi) is 6.34. The SMILES string of the molecule is N[C@@H](Cc1ccc(B(O)O)cc1)C(=O)NCCc1ccccc1. The number of benzene rings is 2. The van der Waals surface area contributed by atoms with Gasteiger partial charge < -0.3 is 21.1 Å². The van der Waals surface area contributed by atoms with Crippen molar-refractivity contribution in [3.05, 3.63) is 65.7 Å². The van der Waals surface area contributed by atoms with Crippen molar-refractivity contribution in [3.8, 4) is 0 Å². The Hall–Kier alpha value is -2.15. The van der Waals surface area contributed by atoms with Gasteiger partial charge in [0.1, 0.15) is 0 Å². The molecule has 120 valence electrons. The molecular weight excluding hydrogens is 291 g/mol. The quantitative estimate of drug-likeness (QED) is 0.523. The van der Waals surface area contributed by atoms with Crippen LogP contribution in [0.4, 0.5) is 0 Å². The van der Waals surface area contributed by atoms with Crippen LogP contribution in [0.1, 0.15) is 11.1 Å². The molecule has 0 aliphatic heterocycles. The zero-order valence-corrected chi connectivity index (χ0v) is 12.9. The normalized spacial score (nSPS) is 11.8. The summed E-state index contributed by atoms with van der Waals surface area (Å²) in [6.07, 6.45) is 1.17. The molecule has 2 aromatic carbocycles. The lowest BCUT2D eigenvalue weighted by atomic mass is 9.80. The van der Waals surface area contributed by atoms with Gasteiger partial charge in [0.05, 0.1) is 6.04 Å². The van der Waals surface area contributed by atoms with Gasteiger partial charge in [-0.25, -0.2) is 0 Å². The molecular formula is C17H21BN2O3. The Morgan fingerprint density at radius 3 is 2.30 bits per heavy atom. The third-order valence-corrected chi connectivity index (χ3v) is 3.63. The van der Waals surface area contributed by atoms with E-state index in [1.807, 2.05) is 30.3 Å². The molecule has 0 unspecified atom stereocenters. The largest absolute Gasteiger partial charge is 0.488 e. The zero-order chi connectivity index (χ0) is 16.7. The maximum Gasteiger partial charge on any atom is 0.488 e. The molecule has 0 heterocycles. The van der Waals surface area contributed by atoms with Crippen molar-refractivity contribution >= 4 is 18.5 Å². The second-order valence-electron chi connectivity index (χ2n) is 5.45. The van der Waals surface area contributed by atoms with E-state index >= 15 is 0 Å². The summed E-state index contributed by atoms with van der Waals surface area (Å²) < 4.78 is 0. The third-order valence-electron chi connectivity index (χ3n) is 3.63. The molecule has 0 radical (unpaired) electrons. The van der Waals surface area contributed by atoms with Crippen molar-refractivity contribution in [2.24, 2.45) is 5.73 Å². The average molecular weight is 312 g/mol. The van der Waals surface area contributed by atoms with Crippen LogP contribution in [0.2, 0.25) is 0 Å². The van der Waals surface area contributed by atoms with Crippen LogP contribution >= 0.6 is 0 Å².